The van der Waals surface area contributed by atoms with Crippen LogP contribution in [0.25, 0.3) is 11.5 Å². The normalized spacial score (nSPS) is 9.71. The van der Waals surface area contributed by atoms with E-state index in [0.29, 0.717) is 11.5 Å². The first-order chi connectivity index (χ1) is 6.81. The molecule has 14 heavy (non-hydrogen) atoms. The standard InChI is InChI=1S/C10H7N3O/c1-7-4-8(5-11)2-3-9(7)10-12-6-13-14-10/h2-4,6H,1H3. The van der Waals surface area contributed by atoms with Crippen LogP contribution in [-0.4, -0.2) is 10.1 Å². The van der Waals surface area contributed by atoms with Crippen molar-refractivity contribution in [3.05, 3.63) is 35.7 Å². The summed E-state index contributed by atoms with van der Waals surface area (Å²) in [7, 11) is 0. The molecule has 0 amide bonds. The van der Waals surface area contributed by atoms with Crippen molar-refractivity contribution in [1.82, 2.24) is 10.1 Å². The summed E-state index contributed by atoms with van der Waals surface area (Å²) in [5.41, 5.74) is 2.44. The largest absolute Gasteiger partial charge is 0.334 e. The van der Waals surface area contributed by atoms with Crippen LogP contribution in [0, 0.1) is 18.3 Å². The van der Waals surface area contributed by atoms with Gasteiger partial charge >= 0.3 is 0 Å². The highest BCUT2D eigenvalue weighted by molar-refractivity contribution is 5.59. The fourth-order valence-corrected chi connectivity index (χ4v) is 1.26. The highest BCUT2D eigenvalue weighted by atomic mass is 16.5. The first kappa shape index (κ1) is 8.45. The zero-order valence-electron chi connectivity index (χ0n) is 7.56. The maximum Gasteiger partial charge on any atom is 0.257 e. The molecule has 0 saturated heterocycles. The van der Waals surface area contributed by atoms with Gasteiger partial charge in [-0.3, -0.25) is 0 Å². The fourth-order valence-electron chi connectivity index (χ4n) is 1.26. The molecule has 0 aliphatic heterocycles. The molecule has 0 aliphatic rings. The van der Waals surface area contributed by atoms with E-state index >= 15 is 0 Å². The minimum absolute atomic E-state index is 0.479. The molecule has 0 saturated carbocycles. The van der Waals surface area contributed by atoms with Crippen LogP contribution in [0.1, 0.15) is 11.1 Å². The first-order valence-electron chi connectivity index (χ1n) is 4.09. The minimum Gasteiger partial charge on any atom is -0.334 e. The van der Waals surface area contributed by atoms with Crippen molar-refractivity contribution in [1.29, 1.82) is 5.26 Å². The molecule has 1 aromatic heterocycles. The fraction of sp³-hybridized carbons (Fsp3) is 0.100. The van der Waals surface area contributed by atoms with E-state index in [1.807, 2.05) is 6.92 Å². The Balaban J connectivity index is 2.52. The number of hydrogen-bond donors (Lipinski definition) is 0. The number of nitriles is 1. The predicted molar refractivity (Wildman–Crippen MR) is 49.2 cm³/mol. The molecule has 0 bridgehead atoms. The zero-order valence-corrected chi connectivity index (χ0v) is 7.56. The Kier molecular flexibility index (Phi) is 1.99. The summed E-state index contributed by atoms with van der Waals surface area (Å²) in [5.74, 6) is 0.479. The zero-order chi connectivity index (χ0) is 9.97. The van der Waals surface area contributed by atoms with E-state index in [1.54, 1.807) is 18.2 Å². The number of benzene rings is 1. The van der Waals surface area contributed by atoms with Crippen LogP contribution in [-0.2, 0) is 0 Å². The third-order valence-corrected chi connectivity index (χ3v) is 1.95. The lowest BCUT2D eigenvalue weighted by Gasteiger charge is -1.99. The van der Waals surface area contributed by atoms with Gasteiger partial charge in [-0.25, -0.2) is 0 Å². The second-order valence-corrected chi connectivity index (χ2v) is 2.89. The quantitative estimate of drug-likeness (QED) is 0.680. The Bertz CT molecular complexity index is 483. The average Bonchev–Trinajstić information content (AvgIpc) is 2.70. The van der Waals surface area contributed by atoms with Gasteiger partial charge in [-0.1, -0.05) is 5.16 Å². The van der Waals surface area contributed by atoms with Crippen molar-refractivity contribution in [3.8, 4) is 17.5 Å². The highest BCUT2D eigenvalue weighted by Gasteiger charge is 2.07. The van der Waals surface area contributed by atoms with Crippen LogP contribution in [0.2, 0.25) is 0 Å². The summed E-state index contributed by atoms with van der Waals surface area (Å²) < 4.78 is 4.93. The molecule has 0 N–H and O–H groups in total. The number of hydrogen-bond acceptors (Lipinski definition) is 4. The Morgan fingerprint density at radius 1 is 1.43 bits per heavy atom. The van der Waals surface area contributed by atoms with Gasteiger partial charge in [-0.2, -0.15) is 10.2 Å². The van der Waals surface area contributed by atoms with Gasteiger partial charge in [0.1, 0.15) is 0 Å². The maximum atomic E-state index is 8.68. The second-order valence-electron chi connectivity index (χ2n) is 2.89. The number of aromatic nitrogens is 2. The van der Waals surface area contributed by atoms with E-state index in [0.717, 1.165) is 11.1 Å². The molecule has 1 aromatic carbocycles. The van der Waals surface area contributed by atoms with Gasteiger partial charge in [0.15, 0.2) is 6.33 Å². The van der Waals surface area contributed by atoms with Gasteiger partial charge in [0.25, 0.3) is 5.89 Å². The molecule has 0 spiro atoms. The van der Waals surface area contributed by atoms with Gasteiger partial charge in [0.05, 0.1) is 11.6 Å². The van der Waals surface area contributed by atoms with E-state index < -0.39 is 0 Å². The van der Waals surface area contributed by atoms with Gasteiger partial charge in [0, 0.05) is 5.56 Å². The average molecular weight is 185 g/mol. The Hall–Kier alpha value is -2.15. The van der Waals surface area contributed by atoms with Crippen molar-refractivity contribution in [2.75, 3.05) is 0 Å². The first-order valence-corrected chi connectivity index (χ1v) is 4.09. The van der Waals surface area contributed by atoms with E-state index in [-0.39, 0.29) is 0 Å². The summed E-state index contributed by atoms with van der Waals surface area (Å²) in [6.07, 6.45) is 1.35. The molecule has 2 aromatic rings. The summed E-state index contributed by atoms with van der Waals surface area (Å²) in [6, 6.07) is 7.40. The second kappa shape index (κ2) is 3.30. The van der Waals surface area contributed by atoms with Crippen molar-refractivity contribution >= 4 is 0 Å². The number of nitrogens with zero attached hydrogens (tertiary/aromatic N) is 3. The summed E-state index contributed by atoms with van der Waals surface area (Å²) >= 11 is 0. The van der Waals surface area contributed by atoms with Crippen LogP contribution in [0.5, 0.6) is 0 Å². The van der Waals surface area contributed by atoms with Crippen LogP contribution in [0.15, 0.2) is 29.0 Å². The number of aryl methyl sites for hydroxylation is 1. The van der Waals surface area contributed by atoms with Gasteiger partial charge < -0.3 is 4.52 Å². The van der Waals surface area contributed by atoms with Crippen molar-refractivity contribution in [2.45, 2.75) is 6.92 Å². The molecule has 0 fully saturated rings. The number of rotatable bonds is 1. The van der Waals surface area contributed by atoms with Crippen molar-refractivity contribution in [3.63, 3.8) is 0 Å². The maximum absolute atomic E-state index is 8.68. The molecule has 4 nitrogen and oxygen atoms in total. The van der Waals surface area contributed by atoms with Gasteiger partial charge in [0.2, 0.25) is 0 Å². The SMILES string of the molecule is Cc1cc(C#N)ccc1-c1ncno1. The highest BCUT2D eigenvalue weighted by Crippen LogP contribution is 2.21. The van der Waals surface area contributed by atoms with E-state index in [1.165, 1.54) is 6.33 Å². The predicted octanol–water partition coefficient (Wildman–Crippen LogP) is 1.92. The van der Waals surface area contributed by atoms with Crippen LogP contribution in [0.3, 0.4) is 0 Å². The summed E-state index contributed by atoms with van der Waals surface area (Å²) in [4.78, 5) is 3.94. The molecule has 0 atom stereocenters. The molecule has 1 heterocycles. The molecule has 4 heteroatoms. The van der Waals surface area contributed by atoms with E-state index in [4.69, 9.17) is 9.78 Å². The molecule has 68 valence electrons. The summed E-state index contributed by atoms with van der Waals surface area (Å²) in [6.45, 7) is 1.90. The lowest BCUT2D eigenvalue weighted by atomic mass is 10.1. The van der Waals surface area contributed by atoms with Crippen LogP contribution in [0.4, 0.5) is 0 Å². The Labute approximate surface area is 80.8 Å². The van der Waals surface area contributed by atoms with Crippen LogP contribution >= 0.6 is 0 Å². The molecule has 0 unspecified atom stereocenters. The third-order valence-electron chi connectivity index (χ3n) is 1.95. The Morgan fingerprint density at radius 2 is 2.29 bits per heavy atom. The van der Waals surface area contributed by atoms with Gasteiger partial charge in [-0.15, -0.1) is 0 Å². The Morgan fingerprint density at radius 3 is 2.86 bits per heavy atom. The lowest BCUT2D eigenvalue weighted by Crippen LogP contribution is -1.84. The van der Waals surface area contributed by atoms with E-state index in [9.17, 15) is 0 Å². The van der Waals surface area contributed by atoms with Crippen LogP contribution < -0.4 is 0 Å². The molecule has 2 rings (SSSR count). The third kappa shape index (κ3) is 1.36. The van der Waals surface area contributed by atoms with Crippen molar-refractivity contribution < 1.29 is 4.52 Å². The molecular formula is C10H7N3O. The topological polar surface area (TPSA) is 62.7 Å². The monoisotopic (exact) mass is 185 g/mol. The molecule has 0 aliphatic carbocycles. The van der Waals surface area contributed by atoms with Gasteiger partial charge in [-0.05, 0) is 30.7 Å². The molecular weight excluding hydrogens is 178 g/mol. The van der Waals surface area contributed by atoms with Crippen molar-refractivity contribution in [2.24, 2.45) is 0 Å². The summed E-state index contributed by atoms with van der Waals surface area (Å²) in [5, 5.41) is 12.2. The lowest BCUT2D eigenvalue weighted by molar-refractivity contribution is 0.430. The van der Waals surface area contributed by atoms with E-state index in [2.05, 4.69) is 16.2 Å². The minimum atomic E-state index is 0.479. The smallest absolute Gasteiger partial charge is 0.257 e. The molecule has 0 radical (unpaired) electrons.